The van der Waals surface area contributed by atoms with E-state index in [1.807, 2.05) is 0 Å². The van der Waals surface area contributed by atoms with E-state index in [1.54, 1.807) is 24.3 Å². The molecule has 4 rings (SSSR count). The van der Waals surface area contributed by atoms with Gasteiger partial charge in [0.1, 0.15) is 0 Å². The summed E-state index contributed by atoms with van der Waals surface area (Å²) < 4.78 is 63.0. The van der Waals surface area contributed by atoms with Gasteiger partial charge in [-0.3, -0.25) is 9.03 Å². The first-order valence-electron chi connectivity index (χ1n) is 7.77. The number of fused-ring (bicyclic) bond motifs is 2. The zero-order valence-corrected chi connectivity index (χ0v) is 15.4. The Hall–Kier alpha value is -2.46. The van der Waals surface area contributed by atoms with Crippen molar-refractivity contribution in [2.75, 3.05) is 28.6 Å². The quantitative estimate of drug-likeness (QED) is 0.841. The van der Waals surface area contributed by atoms with E-state index in [1.165, 1.54) is 16.4 Å². The number of nitrogens with zero attached hydrogens (tertiary/aromatic N) is 1. The van der Waals surface area contributed by atoms with Crippen molar-refractivity contribution >= 4 is 31.4 Å². The fourth-order valence-electron chi connectivity index (χ4n) is 3.04. The number of sulfonamides is 2. The highest BCUT2D eigenvalue weighted by molar-refractivity contribution is 7.92. The SMILES string of the molecule is CS(=O)(=O)N1CCc2cc(NS(=O)(=O)c3ccc4c(c3)OCO4)ccc21. The molecule has 0 fully saturated rings. The van der Waals surface area contributed by atoms with Crippen molar-refractivity contribution < 1.29 is 26.3 Å². The lowest BCUT2D eigenvalue weighted by atomic mass is 10.1. The minimum atomic E-state index is -3.81. The molecule has 2 heterocycles. The molecule has 0 amide bonds. The second-order valence-electron chi connectivity index (χ2n) is 6.05. The van der Waals surface area contributed by atoms with E-state index in [9.17, 15) is 16.8 Å². The summed E-state index contributed by atoms with van der Waals surface area (Å²) in [5.41, 5.74) is 1.73. The number of nitrogens with one attached hydrogen (secondary N) is 1. The highest BCUT2D eigenvalue weighted by Gasteiger charge is 2.27. The molecule has 0 aromatic heterocycles. The molecule has 2 aromatic carbocycles. The Labute approximate surface area is 151 Å². The summed E-state index contributed by atoms with van der Waals surface area (Å²) in [6.07, 6.45) is 1.68. The Morgan fingerprint density at radius 2 is 1.77 bits per heavy atom. The van der Waals surface area contributed by atoms with Gasteiger partial charge >= 0.3 is 0 Å². The van der Waals surface area contributed by atoms with Crippen LogP contribution in [0.1, 0.15) is 5.56 Å². The number of benzene rings is 2. The smallest absolute Gasteiger partial charge is 0.262 e. The maximum atomic E-state index is 12.6. The molecule has 0 radical (unpaired) electrons. The molecule has 2 aliphatic heterocycles. The van der Waals surface area contributed by atoms with Gasteiger partial charge in [0.05, 0.1) is 16.8 Å². The van der Waals surface area contributed by atoms with E-state index in [-0.39, 0.29) is 11.7 Å². The second-order valence-corrected chi connectivity index (χ2v) is 9.64. The van der Waals surface area contributed by atoms with Crippen molar-refractivity contribution in [3.05, 3.63) is 42.0 Å². The standard InChI is InChI=1S/C16H16N2O6S2/c1-25(19,20)18-7-6-11-8-12(2-4-14(11)18)17-26(21,22)13-3-5-15-16(9-13)24-10-23-15/h2-5,8-9,17H,6-7,10H2,1H3. The van der Waals surface area contributed by atoms with Crippen LogP contribution in [0.5, 0.6) is 11.5 Å². The van der Waals surface area contributed by atoms with Gasteiger partial charge in [0, 0.05) is 18.3 Å². The summed E-state index contributed by atoms with van der Waals surface area (Å²) in [6, 6.07) is 9.21. The van der Waals surface area contributed by atoms with E-state index in [0.29, 0.717) is 35.8 Å². The normalized spacial score (nSPS) is 15.8. The molecule has 0 atom stereocenters. The minimum Gasteiger partial charge on any atom is -0.454 e. The summed E-state index contributed by atoms with van der Waals surface area (Å²) in [4.78, 5) is 0.0556. The molecule has 0 spiro atoms. The Morgan fingerprint density at radius 1 is 1.00 bits per heavy atom. The van der Waals surface area contributed by atoms with Gasteiger partial charge in [-0.05, 0) is 42.3 Å². The van der Waals surface area contributed by atoms with Crippen molar-refractivity contribution in [1.82, 2.24) is 0 Å². The van der Waals surface area contributed by atoms with Crippen molar-refractivity contribution in [3.8, 4) is 11.5 Å². The molecule has 0 saturated heterocycles. The van der Waals surface area contributed by atoms with E-state index in [0.717, 1.165) is 11.8 Å². The number of hydrogen-bond acceptors (Lipinski definition) is 6. The molecule has 1 N–H and O–H groups in total. The molecule has 10 heteroatoms. The first kappa shape index (κ1) is 17.0. The van der Waals surface area contributed by atoms with Gasteiger partial charge in [-0.15, -0.1) is 0 Å². The van der Waals surface area contributed by atoms with Crippen molar-refractivity contribution in [2.24, 2.45) is 0 Å². The Balaban J connectivity index is 1.62. The van der Waals surface area contributed by atoms with Crippen LogP contribution in [-0.2, 0) is 26.5 Å². The average molecular weight is 396 g/mol. The van der Waals surface area contributed by atoms with E-state index in [2.05, 4.69) is 4.72 Å². The third-order valence-corrected chi connectivity index (χ3v) is 6.80. The van der Waals surface area contributed by atoms with Crippen LogP contribution in [-0.4, -0.2) is 36.4 Å². The van der Waals surface area contributed by atoms with Crippen LogP contribution >= 0.6 is 0 Å². The van der Waals surface area contributed by atoms with Gasteiger partial charge in [0.15, 0.2) is 11.5 Å². The summed E-state index contributed by atoms with van der Waals surface area (Å²) >= 11 is 0. The monoisotopic (exact) mass is 396 g/mol. The van der Waals surface area contributed by atoms with Gasteiger partial charge in [-0.25, -0.2) is 16.8 Å². The molecule has 138 valence electrons. The Morgan fingerprint density at radius 3 is 2.54 bits per heavy atom. The molecule has 2 aromatic rings. The largest absolute Gasteiger partial charge is 0.454 e. The number of rotatable bonds is 4. The topological polar surface area (TPSA) is 102 Å². The van der Waals surface area contributed by atoms with Crippen LogP contribution < -0.4 is 18.5 Å². The molecule has 0 unspecified atom stereocenters. The highest BCUT2D eigenvalue weighted by atomic mass is 32.2. The van der Waals surface area contributed by atoms with Crippen LogP contribution in [0.25, 0.3) is 0 Å². The lowest BCUT2D eigenvalue weighted by molar-refractivity contribution is 0.174. The van der Waals surface area contributed by atoms with Crippen LogP contribution in [0.15, 0.2) is 41.3 Å². The summed E-state index contributed by atoms with van der Waals surface area (Å²) in [5.74, 6) is 0.882. The van der Waals surface area contributed by atoms with Gasteiger partial charge in [0.2, 0.25) is 16.8 Å². The van der Waals surface area contributed by atoms with Gasteiger partial charge in [0.25, 0.3) is 10.0 Å². The number of ether oxygens (including phenoxy) is 2. The molecule has 0 aliphatic carbocycles. The van der Waals surface area contributed by atoms with E-state index in [4.69, 9.17) is 9.47 Å². The van der Waals surface area contributed by atoms with E-state index < -0.39 is 20.0 Å². The second kappa shape index (κ2) is 5.78. The molecule has 0 saturated carbocycles. The third kappa shape index (κ3) is 2.95. The molecule has 8 nitrogen and oxygen atoms in total. The predicted molar refractivity (Wildman–Crippen MR) is 95.7 cm³/mol. The zero-order valence-electron chi connectivity index (χ0n) is 13.8. The average Bonchev–Trinajstić information content (AvgIpc) is 3.19. The van der Waals surface area contributed by atoms with Crippen LogP contribution in [0, 0.1) is 0 Å². The van der Waals surface area contributed by atoms with Crippen LogP contribution in [0.3, 0.4) is 0 Å². The minimum absolute atomic E-state index is 0.0556. The first-order valence-corrected chi connectivity index (χ1v) is 11.1. The van der Waals surface area contributed by atoms with Crippen molar-refractivity contribution in [3.63, 3.8) is 0 Å². The maximum absolute atomic E-state index is 12.6. The summed E-state index contributed by atoms with van der Waals surface area (Å²) in [6.45, 7) is 0.417. The molecular formula is C16H16N2O6S2. The van der Waals surface area contributed by atoms with Crippen LogP contribution in [0.2, 0.25) is 0 Å². The third-order valence-electron chi connectivity index (χ3n) is 4.24. The Bertz CT molecular complexity index is 1100. The first-order chi connectivity index (χ1) is 12.2. The van der Waals surface area contributed by atoms with Crippen molar-refractivity contribution in [2.45, 2.75) is 11.3 Å². The van der Waals surface area contributed by atoms with Gasteiger partial charge in [-0.1, -0.05) is 0 Å². The fourth-order valence-corrected chi connectivity index (χ4v) is 5.06. The highest BCUT2D eigenvalue weighted by Crippen LogP contribution is 2.35. The van der Waals surface area contributed by atoms with Gasteiger partial charge < -0.3 is 9.47 Å². The maximum Gasteiger partial charge on any atom is 0.262 e. The lowest BCUT2D eigenvalue weighted by Crippen LogP contribution is -2.27. The fraction of sp³-hybridized carbons (Fsp3) is 0.250. The zero-order chi connectivity index (χ0) is 18.5. The molecular weight excluding hydrogens is 380 g/mol. The predicted octanol–water partition coefficient (Wildman–Crippen LogP) is 1.54. The Kier molecular flexibility index (Phi) is 3.77. The molecule has 2 aliphatic rings. The van der Waals surface area contributed by atoms with Gasteiger partial charge in [-0.2, -0.15) is 0 Å². The molecule has 0 bridgehead atoms. The molecule has 26 heavy (non-hydrogen) atoms. The van der Waals surface area contributed by atoms with Crippen molar-refractivity contribution in [1.29, 1.82) is 0 Å². The number of hydrogen-bond donors (Lipinski definition) is 1. The lowest BCUT2D eigenvalue weighted by Gasteiger charge is -2.16. The summed E-state index contributed by atoms with van der Waals surface area (Å²) in [5, 5.41) is 0. The van der Waals surface area contributed by atoms with E-state index >= 15 is 0 Å². The van der Waals surface area contributed by atoms with Crippen LogP contribution in [0.4, 0.5) is 11.4 Å². The summed E-state index contributed by atoms with van der Waals surface area (Å²) in [7, 11) is -7.16. The number of anilines is 2.